The van der Waals surface area contributed by atoms with Gasteiger partial charge in [0.1, 0.15) is 17.6 Å². The Labute approximate surface area is 163 Å². The molecule has 2 amide bonds. The first-order valence-corrected chi connectivity index (χ1v) is 9.99. The SMILES string of the molecule is CC(C)(C)OC(=O)N1CCN(C2=C3C=CSC4=CC=CC(N2C=O)N43)CC1. The van der Waals surface area contributed by atoms with Gasteiger partial charge < -0.3 is 19.4 Å². The zero-order valence-corrected chi connectivity index (χ0v) is 16.6. The molecule has 0 N–H and O–H groups in total. The predicted octanol–water partition coefficient (Wildman–Crippen LogP) is 2.48. The van der Waals surface area contributed by atoms with Crippen LogP contribution in [0.15, 0.2) is 46.3 Å². The van der Waals surface area contributed by atoms with E-state index < -0.39 is 5.60 Å². The van der Waals surface area contributed by atoms with Crippen LogP contribution in [0, 0.1) is 0 Å². The Kier molecular flexibility index (Phi) is 4.46. The average Bonchev–Trinajstić information content (AvgIpc) is 2.96. The van der Waals surface area contributed by atoms with Gasteiger partial charge >= 0.3 is 6.09 Å². The van der Waals surface area contributed by atoms with Gasteiger partial charge in [-0.1, -0.05) is 17.8 Å². The number of allylic oxidation sites excluding steroid dienone is 3. The number of ether oxygens (including phenoxy) is 1. The fourth-order valence-corrected chi connectivity index (χ4v) is 4.47. The predicted molar refractivity (Wildman–Crippen MR) is 104 cm³/mol. The Morgan fingerprint density at radius 3 is 2.67 bits per heavy atom. The minimum absolute atomic E-state index is 0.117. The Morgan fingerprint density at radius 1 is 1.26 bits per heavy atom. The summed E-state index contributed by atoms with van der Waals surface area (Å²) in [6.45, 7) is 8.07. The molecule has 4 aliphatic heterocycles. The highest BCUT2D eigenvalue weighted by atomic mass is 32.2. The third kappa shape index (κ3) is 3.22. The van der Waals surface area contributed by atoms with Gasteiger partial charge in [0.05, 0.1) is 10.7 Å². The summed E-state index contributed by atoms with van der Waals surface area (Å²) in [6, 6.07) is 0. The van der Waals surface area contributed by atoms with Crippen LogP contribution in [0.3, 0.4) is 0 Å². The van der Waals surface area contributed by atoms with Gasteiger partial charge in [0.15, 0.2) is 0 Å². The normalized spacial score (nSPS) is 24.3. The van der Waals surface area contributed by atoms with Crippen molar-refractivity contribution in [1.82, 2.24) is 19.6 Å². The largest absolute Gasteiger partial charge is 0.444 e. The van der Waals surface area contributed by atoms with E-state index in [9.17, 15) is 9.59 Å². The van der Waals surface area contributed by atoms with Crippen LogP contribution in [0.5, 0.6) is 0 Å². The maximum atomic E-state index is 12.3. The number of carbonyl (C=O) groups is 2. The van der Waals surface area contributed by atoms with Crippen LogP contribution in [0.2, 0.25) is 0 Å². The number of rotatable bonds is 2. The summed E-state index contributed by atoms with van der Waals surface area (Å²) in [4.78, 5) is 32.1. The number of thioether (sulfide) groups is 1. The van der Waals surface area contributed by atoms with E-state index in [0.717, 1.165) is 23.0 Å². The molecule has 0 aromatic rings. The van der Waals surface area contributed by atoms with Crippen molar-refractivity contribution in [2.24, 2.45) is 0 Å². The van der Waals surface area contributed by atoms with Crippen LogP contribution in [0.1, 0.15) is 20.8 Å². The van der Waals surface area contributed by atoms with Crippen LogP contribution >= 0.6 is 11.8 Å². The molecule has 4 heterocycles. The third-order valence-electron chi connectivity index (χ3n) is 4.80. The van der Waals surface area contributed by atoms with Crippen LogP contribution < -0.4 is 0 Å². The van der Waals surface area contributed by atoms with Gasteiger partial charge in [-0.05, 0) is 44.4 Å². The summed E-state index contributed by atoms with van der Waals surface area (Å²) in [5, 5.41) is 3.17. The highest BCUT2D eigenvalue weighted by Crippen LogP contribution is 2.44. The lowest BCUT2D eigenvalue weighted by Crippen LogP contribution is -2.51. The van der Waals surface area contributed by atoms with Gasteiger partial charge in [0, 0.05) is 26.2 Å². The van der Waals surface area contributed by atoms with Crippen molar-refractivity contribution in [3.63, 3.8) is 0 Å². The van der Waals surface area contributed by atoms with Gasteiger partial charge in [0.25, 0.3) is 0 Å². The zero-order valence-electron chi connectivity index (χ0n) is 15.8. The fourth-order valence-electron chi connectivity index (χ4n) is 3.66. The molecule has 7 nitrogen and oxygen atoms in total. The highest BCUT2D eigenvalue weighted by Gasteiger charge is 2.43. The first-order chi connectivity index (χ1) is 12.9. The lowest BCUT2D eigenvalue weighted by molar-refractivity contribution is -0.119. The molecule has 144 valence electrons. The molecule has 0 aromatic carbocycles. The van der Waals surface area contributed by atoms with Crippen LogP contribution in [0.4, 0.5) is 4.79 Å². The number of nitrogens with zero attached hydrogens (tertiary/aromatic N) is 4. The summed E-state index contributed by atoms with van der Waals surface area (Å²) in [5.41, 5.74) is 0.536. The Balaban J connectivity index is 1.53. The molecule has 0 aromatic heterocycles. The van der Waals surface area contributed by atoms with E-state index in [1.807, 2.05) is 32.9 Å². The maximum Gasteiger partial charge on any atom is 0.410 e. The molecule has 1 unspecified atom stereocenters. The molecule has 8 heteroatoms. The van der Waals surface area contributed by atoms with Crippen molar-refractivity contribution in [1.29, 1.82) is 0 Å². The van der Waals surface area contributed by atoms with Gasteiger partial charge in [0.2, 0.25) is 6.41 Å². The molecule has 0 spiro atoms. The van der Waals surface area contributed by atoms with E-state index in [2.05, 4.69) is 27.4 Å². The standard InChI is InChI=1S/C19H24N4O3S/c1-19(2,3)26-18(25)21-10-8-20(9-11-21)17-14-7-12-27-16-6-4-5-15(23(14)16)22(17)13-24/h4-7,12-13,15H,8-11H2,1-3H3. The first kappa shape index (κ1) is 18.0. The van der Waals surface area contributed by atoms with Crippen molar-refractivity contribution < 1.29 is 14.3 Å². The Hall–Kier alpha value is -2.35. The second kappa shape index (κ2) is 6.67. The van der Waals surface area contributed by atoms with Crippen LogP contribution in [0.25, 0.3) is 0 Å². The third-order valence-corrected chi connectivity index (χ3v) is 5.65. The number of hydrogen-bond donors (Lipinski definition) is 0. The number of piperazine rings is 1. The minimum atomic E-state index is -0.499. The van der Waals surface area contributed by atoms with E-state index in [0.29, 0.717) is 26.2 Å². The van der Waals surface area contributed by atoms with Crippen molar-refractivity contribution in [2.75, 3.05) is 26.2 Å². The molecule has 0 aliphatic carbocycles. The molecule has 0 saturated carbocycles. The van der Waals surface area contributed by atoms with Gasteiger partial charge in [-0.15, -0.1) is 0 Å². The minimum Gasteiger partial charge on any atom is -0.444 e. The molecule has 1 fully saturated rings. The van der Waals surface area contributed by atoms with E-state index in [1.54, 1.807) is 21.6 Å². The quantitative estimate of drug-likeness (QED) is 0.678. The molecule has 1 atom stereocenters. The number of carbonyl (C=O) groups excluding carboxylic acids is 2. The van der Waals surface area contributed by atoms with E-state index in [-0.39, 0.29) is 12.3 Å². The van der Waals surface area contributed by atoms with Crippen molar-refractivity contribution in [2.45, 2.75) is 32.5 Å². The number of hydrogen-bond acceptors (Lipinski definition) is 6. The van der Waals surface area contributed by atoms with E-state index >= 15 is 0 Å². The van der Waals surface area contributed by atoms with Crippen molar-refractivity contribution in [3.05, 3.63) is 46.3 Å². The number of amides is 2. The fraction of sp³-hybridized carbons (Fsp3) is 0.474. The van der Waals surface area contributed by atoms with Crippen LogP contribution in [-0.4, -0.2) is 70.0 Å². The molecular weight excluding hydrogens is 364 g/mol. The molecule has 27 heavy (non-hydrogen) atoms. The summed E-state index contributed by atoms with van der Waals surface area (Å²) >= 11 is 1.66. The van der Waals surface area contributed by atoms with E-state index in [4.69, 9.17) is 4.74 Å². The van der Waals surface area contributed by atoms with E-state index in [1.165, 1.54) is 0 Å². The molecular formula is C19H24N4O3S. The first-order valence-electron chi connectivity index (χ1n) is 9.11. The Morgan fingerprint density at radius 2 is 2.00 bits per heavy atom. The van der Waals surface area contributed by atoms with Gasteiger partial charge in [-0.25, -0.2) is 4.79 Å². The molecule has 4 rings (SSSR count). The smallest absolute Gasteiger partial charge is 0.410 e. The summed E-state index contributed by atoms with van der Waals surface area (Å²) in [7, 11) is 0. The van der Waals surface area contributed by atoms with Crippen molar-refractivity contribution >= 4 is 24.3 Å². The lowest BCUT2D eigenvalue weighted by Gasteiger charge is -2.39. The molecule has 0 radical (unpaired) electrons. The molecule has 4 aliphatic rings. The molecule has 0 bridgehead atoms. The summed E-state index contributed by atoms with van der Waals surface area (Å²) < 4.78 is 5.47. The van der Waals surface area contributed by atoms with Gasteiger partial charge in [-0.2, -0.15) is 0 Å². The lowest BCUT2D eigenvalue weighted by atomic mass is 10.2. The Bertz CT molecular complexity index is 772. The van der Waals surface area contributed by atoms with Crippen LogP contribution in [-0.2, 0) is 9.53 Å². The van der Waals surface area contributed by atoms with Gasteiger partial charge in [-0.3, -0.25) is 9.69 Å². The second-order valence-electron chi connectivity index (χ2n) is 7.77. The van der Waals surface area contributed by atoms with Crippen molar-refractivity contribution in [3.8, 4) is 0 Å². The summed E-state index contributed by atoms with van der Waals surface area (Å²) in [6.07, 6.45) is 8.66. The summed E-state index contributed by atoms with van der Waals surface area (Å²) in [5.74, 6) is 0.910. The highest BCUT2D eigenvalue weighted by molar-refractivity contribution is 8.05. The second-order valence-corrected chi connectivity index (χ2v) is 8.70. The molecule has 1 saturated heterocycles. The maximum absolute atomic E-state index is 12.3. The average molecular weight is 388 g/mol. The zero-order chi connectivity index (χ0) is 19.2. The monoisotopic (exact) mass is 388 g/mol. The topological polar surface area (TPSA) is 56.3 Å².